The van der Waals surface area contributed by atoms with Gasteiger partial charge in [0, 0.05) is 22.3 Å². The summed E-state index contributed by atoms with van der Waals surface area (Å²) in [7, 11) is 3.14. The Balaban J connectivity index is 1.96. The van der Waals surface area contributed by atoms with Crippen LogP contribution >= 0.6 is 0 Å². The topological polar surface area (TPSA) is 52.6 Å². The van der Waals surface area contributed by atoms with Crippen LogP contribution in [0.2, 0.25) is 0 Å². The molecule has 4 nitrogen and oxygen atoms in total. The molecule has 0 radical (unpaired) electrons. The van der Waals surface area contributed by atoms with Gasteiger partial charge in [-0.15, -0.1) is 0 Å². The number of ether oxygens (including phenoxy) is 2. The fraction of sp³-hybridized carbons (Fsp3) is 0.0909. The van der Waals surface area contributed by atoms with Crippen LogP contribution in [-0.4, -0.2) is 25.8 Å². The van der Waals surface area contributed by atoms with E-state index in [1.165, 1.54) is 0 Å². The maximum absolute atomic E-state index is 12.9. The van der Waals surface area contributed by atoms with E-state index in [0.29, 0.717) is 33.8 Å². The lowest BCUT2D eigenvalue weighted by Gasteiger charge is -2.09. The van der Waals surface area contributed by atoms with E-state index in [4.69, 9.17) is 9.47 Å². The first-order valence-corrected chi connectivity index (χ1v) is 8.10. The van der Waals surface area contributed by atoms with Crippen LogP contribution in [0.1, 0.15) is 31.8 Å². The van der Waals surface area contributed by atoms with Gasteiger partial charge in [-0.2, -0.15) is 0 Å². The fourth-order valence-corrected chi connectivity index (χ4v) is 2.67. The SMILES string of the molecule is COc1ccc(C(=O)c2ccccc2C(=O)c2ccc(OC)cc2)cc1. The van der Waals surface area contributed by atoms with Crippen LogP contribution in [-0.2, 0) is 0 Å². The van der Waals surface area contributed by atoms with Crippen molar-refractivity contribution in [3.63, 3.8) is 0 Å². The minimum Gasteiger partial charge on any atom is -0.497 e. The number of benzene rings is 3. The normalized spacial score (nSPS) is 10.2. The number of rotatable bonds is 6. The molecule has 3 rings (SSSR count). The van der Waals surface area contributed by atoms with E-state index in [0.717, 1.165) is 0 Å². The molecule has 0 amide bonds. The van der Waals surface area contributed by atoms with Gasteiger partial charge < -0.3 is 9.47 Å². The second-order valence-electron chi connectivity index (χ2n) is 5.66. The Bertz CT molecular complexity index is 847. The number of carbonyl (C=O) groups is 2. The molecule has 0 saturated carbocycles. The molecule has 0 aliphatic carbocycles. The first kappa shape index (κ1) is 17.4. The lowest BCUT2D eigenvalue weighted by molar-refractivity contribution is 0.100. The Morgan fingerprint density at radius 1 is 0.577 bits per heavy atom. The molecule has 0 aromatic heterocycles. The van der Waals surface area contributed by atoms with Crippen LogP contribution in [0, 0.1) is 0 Å². The van der Waals surface area contributed by atoms with Crippen molar-refractivity contribution in [2.75, 3.05) is 14.2 Å². The summed E-state index contributed by atoms with van der Waals surface area (Å²) < 4.78 is 10.2. The highest BCUT2D eigenvalue weighted by Crippen LogP contribution is 2.21. The third-order valence-corrected chi connectivity index (χ3v) is 4.12. The van der Waals surface area contributed by atoms with Gasteiger partial charge in [-0.1, -0.05) is 24.3 Å². The summed E-state index contributed by atoms with van der Waals surface area (Å²) in [6, 6.07) is 20.5. The Kier molecular flexibility index (Phi) is 5.13. The van der Waals surface area contributed by atoms with Crippen molar-refractivity contribution >= 4 is 11.6 Å². The third kappa shape index (κ3) is 3.49. The Morgan fingerprint density at radius 3 is 1.23 bits per heavy atom. The number of hydrogen-bond acceptors (Lipinski definition) is 4. The Labute approximate surface area is 152 Å². The average Bonchev–Trinajstić information content (AvgIpc) is 2.73. The summed E-state index contributed by atoms with van der Waals surface area (Å²) >= 11 is 0. The quantitative estimate of drug-likeness (QED) is 0.629. The van der Waals surface area contributed by atoms with Gasteiger partial charge in [0.2, 0.25) is 0 Å². The molecule has 0 heterocycles. The molecule has 0 fully saturated rings. The van der Waals surface area contributed by atoms with Crippen molar-refractivity contribution < 1.29 is 19.1 Å². The van der Waals surface area contributed by atoms with Gasteiger partial charge in [-0.05, 0) is 48.5 Å². The summed E-state index contributed by atoms with van der Waals surface area (Å²) in [5.41, 5.74) is 1.75. The molecule has 0 aliphatic heterocycles. The van der Waals surface area contributed by atoms with Crippen LogP contribution in [0.3, 0.4) is 0 Å². The smallest absolute Gasteiger partial charge is 0.193 e. The average molecular weight is 346 g/mol. The molecular weight excluding hydrogens is 328 g/mol. The Hall–Kier alpha value is -3.40. The summed E-state index contributed by atoms with van der Waals surface area (Å²) in [4.78, 5) is 25.8. The lowest BCUT2D eigenvalue weighted by Crippen LogP contribution is -2.11. The molecule has 0 N–H and O–H groups in total. The van der Waals surface area contributed by atoms with Crippen LogP contribution in [0.5, 0.6) is 11.5 Å². The summed E-state index contributed by atoms with van der Waals surface area (Å²) in [5.74, 6) is 0.934. The highest BCUT2D eigenvalue weighted by atomic mass is 16.5. The van der Waals surface area contributed by atoms with E-state index in [2.05, 4.69) is 0 Å². The van der Waals surface area contributed by atoms with Crippen LogP contribution in [0.25, 0.3) is 0 Å². The number of methoxy groups -OCH3 is 2. The van der Waals surface area contributed by atoms with Crippen LogP contribution < -0.4 is 9.47 Å². The van der Waals surface area contributed by atoms with Crippen molar-refractivity contribution in [2.24, 2.45) is 0 Å². The maximum Gasteiger partial charge on any atom is 0.193 e. The minimum atomic E-state index is -0.204. The van der Waals surface area contributed by atoms with E-state index in [-0.39, 0.29) is 11.6 Å². The van der Waals surface area contributed by atoms with Gasteiger partial charge in [0.05, 0.1) is 14.2 Å². The maximum atomic E-state index is 12.9. The molecule has 0 saturated heterocycles. The van der Waals surface area contributed by atoms with Gasteiger partial charge in [0.1, 0.15) is 11.5 Å². The van der Waals surface area contributed by atoms with E-state index in [9.17, 15) is 9.59 Å². The zero-order valence-electron chi connectivity index (χ0n) is 14.6. The molecule has 26 heavy (non-hydrogen) atoms. The largest absolute Gasteiger partial charge is 0.497 e. The zero-order valence-corrected chi connectivity index (χ0v) is 14.6. The van der Waals surface area contributed by atoms with E-state index >= 15 is 0 Å². The van der Waals surface area contributed by atoms with E-state index in [1.54, 1.807) is 87.0 Å². The number of carbonyl (C=O) groups excluding carboxylic acids is 2. The van der Waals surface area contributed by atoms with Gasteiger partial charge in [0.25, 0.3) is 0 Å². The predicted molar refractivity (Wildman–Crippen MR) is 99.3 cm³/mol. The molecule has 0 aliphatic rings. The lowest BCUT2D eigenvalue weighted by atomic mass is 9.93. The standard InChI is InChI=1S/C22H18O4/c1-25-17-11-7-15(8-12-17)21(23)19-5-3-4-6-20(19)22(24)16-9-13-18(26-2)14-10-16/h3-14H,1-2H3. The van der Waals surface area contributed by atoms with Gasteiger partial charge in [0.15, 0.2) is 11.6 Å². The number of hydrogen-bond donors (Lipinski definition) is 0. The summed E-state index contributed by atoms with van der Waals surface area (Å²) in [6.07, 6.45) is 0. The molecule has 3 aromatic rings. The van der Waals surface area contributed by atoms with Gasteiger partial charge >= 0.3 is 0 Å². The third-order valence-electron chi connectivity index (χ3n) is 4.12. The molecule has 0 spiro atoms. The second kappa shape index (κ2) is 7.66. The fourth-order valence-electron chi connectivity index (χ4n) is 2.67. The Morgan fingerprint density at radius 2 is 0.923 bits per heavy atom. The van der Waals surface area contributed by atoms with E-state index < -0.39 is 0 Å². The molecule has 4 heteroatoms. The zero-order chi connectivity index (χ0) is 18.5. The second-order valence-corrected chi connectivity index (χ2v) is 5.66. The van der Waals surface area contributed by atoms with Crippen molar-refractivity contribution in [1.82, 2.24) is 0 Å². The molecular formula is C22H18O4. The molecule has 0 atom stereocenters. The molecule has 3 aromatic carbocycles. The van der Waals surface area contributed by atoms with Crippen molar-refractivity contribution in [3.8, 4) is 11.5 Å². The van der Waals surface area contributed by atoms with Crippen molar-refractivity contribution in [3.05, 3.63) is 95.1 Å². The highest BCUT2D eigenvalue weighted by molar-refractivity contribution is 6.19. The first-order chi connectivity index (χ1) is 12.6. The summed E-state index contributed by atoms with van der Waals surface area (Å²) in [5, 5.41) is 0. The van der Waals surface area contributed by atoms with Gasteiger partial charge in [-0.25, -0.2) is 0 Å². The molecule has 0 unspecified atom stereocenters. The van der Waals surface area contributed by atoms with Crippen molar-refractivity contribution in [2.45, 2.75) is 0 Å². The molecule has 0 bridgehead atoms. The first-order valence-electron chi connectivity index (χ1n) is 8.10. The summed E-state index contributed by atoms with van der Waals surface area (Å²) in [6.45, 7) is 0. The van der Waals surface area contributed by atoms with Gasteiger partial charge in [-0.3, -0.25) is 9.59 Å². The molecule has 130 valence electrons. The van der Waals surface area contributed by atoms with E-state index in [1.807, 2.05) is 0 Å². The van der Waals surface area contributed by atoms with Crippen LogP contribution in [0.15, 0.2) is 72.8 Å². The van der Waals surface area contributed by atoms with Crippen molar-refractivity contribution in [1.29, 1.82) is 0 Å². The van der Waals surface area contributed by atoms with Crippen LogP contribution in [0.4, 0.5) is 0 Å². The predicted octanol–water partition coefficient (Wildman–Crippen LogP) is 4.17. The highest BCUT2D eigenvalue weighted by Gasteiger charge is 2.19. The monoisotopic (exact) mass is 346 g/mol. The number of ketones is 2. The minimum absolute atomic E-state index is 0.204.